The number of allylic oxidation sites excluding steroid dienone is 1. The standard InChI is InChI=1S/C18H14ClNO3/c19-14-5-1-12(2-6-14)17-11-16(21)9-10-20(17)15-7-3-13(4-8-15)18(22)23/h1-10,17H,11H2,(H,22,23). The van der Waals surface area contributed by atoms with Crippen LogP contribution >= 0.6 is 11.6 Å². The van der Waals surface area contributed by atoms with E-state index in [0.717, 1.165) is 11.3 Å². The summed E-state index contributed by atoms with van der Waals surface area (Å²) in [5, 5.41) is 9.63. The first-order chi connectivity index (χ1) is 11.0. The molecule has 116 valence electrons. The molecule has 0 saturated heterocycles. The van der Waals surface area contributed by atoms with Gasteiger partial charge in [0.15, 0.2) is 5.78 Å². The zero-order valence-electron chi connectivity index (χ0n) is 12.1. The lowest BCUT2D eigenvalue weighted by Gasteiger charge is -2.33. The fourth-order valence-corrected chi connectivity index (χ4v) is 2.76. The summed E-state index contributed by atoms with van der Waals surface area (Å²) < 4.78 is 0. The van der Waals surface area contributed by atoms with Crippen LogP contribution < -0.4 is 4.90 Å². The lowest BCUT2D eigenvalue weighted by Crippen LogP contribution is -2.28. The molecule has 0 amide bonds. The summed E-state index contributed by atoms with van der Waals surface area (Å²) in [4.78, 5) is 24.7. The Balaban J connectivity index is 1.96. The van der Waals surface area contributed by atoms with Crippen molar-refractivity contribution in [2.45, 2.75) is 12.5 Å². The molecule has 0 saturated carbocycles. The number of carbonyl (C=O) groups is 2. The minimum Gasteiger partial charge on any atom is -0.478 e. The lowest BCUT2D eigenvalue weighted by atomic mass is 9.96. The topological polar surface area (TPSA) is 57.6 Å². The van der Waals surface area contributed by atoms with Crippen LogP contribution in [0.2, 0.25) is 5.02 Å². The molecule has 1 aliphatic heterocycles. The molecule has 1 heterocycles. The molecule has 0 aromatic heterocycles. The SMILES string of the molecule is O=C1C=CN(c2ccc(C(=O)O)cc2)C(c2ccc(Cl)cc2)C1. The average Bonchev–Trinajstić information content (AvgIpc) is 2.55. The number of hydrogen-bond acceptors (Lipinski definition) is 3. The second kappa shape index (κ2) is 6.26. The highest BCUT2D eigenvalue weighted by Crippen LogP contribution is 2.33. The Morgan fingerprint density at radius 3 is 2.35 bits per heavy atom. The number of anilines is 1. The summed E-state index contributed by atoms with van der Waals surface area (Å²) in [6.07, 6.45) is 3.64. The van der Waals surface area contributed by atoms with Gasteiger partial charge in [-0.2, -0.15) is 0 Å². The molecular formula is C18H14ClNO3. The molecule has 2 aromatic rings. The van der Waals surface area contributed by atoms with Crippen molar-refractivity contribution in [3.05, 3.63) is 77.0 Å². The Bertz CT molecular complexity index is 766. The number of rotatable bonds is 3. The van der Waals surface area contributed by atoms with E-state index in [1.165, 1.54) is 6.08 Å². The number of hydrogen-bond donors (Lipinski definition) is 1. The van der Waals surface area contributed by atoms with Crippen LogP contribution in [-0.4, -0.2) is 16.9 Å². The van der Waals surface area contributed by atoms with Gasteiger partial charge in [0.2, 0.25) is 0 Å². The summed E-state index contributed by atoms with van der Waals surface area (Å²) >= 11 is 5.93. The molecule has 23 heavy (non-hydrogen) atoms. The van der Waals surface area contributed by atoms with Gasteiger partial charge in [-0.25, -0.2) is 4.79 Å². The Morgan fingerprint density at radius 2 is 1.74 bits per heavy atom. The van der Waals surface area contributed by atoms with Crippen LogP contribution in [0.3, 0.4) is 0 Å². The highest BCUT2D eigenvalue weighted by atomic mass is 35.5. The Kier molecular flexibility index (Phi) is 4.17. The van der Waals surface area contributed by atoms with E-state index in [2.05, 4.69) is 0 Å². The van der Waals surface area contributed by atoms with Crippen LogP contribution in [0, 0.1) is 0 Å². The second-order valence-corrected chi connectivity index (χ2v) is 5.75. The lowest BCUT2D eigenvalue weighted by molar-refractivity contribution is -0.115. The Labute approximate surface area is 138 Å². The summed E-state index contributed by atoms with van der Waals surface area (Å²) in [5.41, 5.74) is 2.04. The third kappa shape index (κ3) is 3.27. The minimum absolute atomic E-state index is 0.0587. The van der Waals surface area contributed by atoms with Crippen molar-refractivity contribution in [3.8, 4) is 0 Å². The first-order valence-electron chi connectivity index (χ1n) is 7.13. The first kappa shape index (κ1) is 15.3. The van der Waals surface area contributed by atoms with Gasteiger partial charge in [0.25, 0.3) is 0 Å². The van der Waals surface area contributed by atoms with E-state index >= 15 is 0 Å². The quantitative estimate of drug-likeness (QED) is 0.923. The Hall–Kier alpha value is -2.59. The van der Waals surface area contributed by atoms with E-state index in [1.807, 2.05) is 17.0 Å². The van der Waals surface area contributed by atoms with E-state index in [1.54, 1.807) is 42.6 Å². The van der Waals surface area contributed by atoms with Crippen molar-refractivity contribution >= 4 is 29.0 Å². The molecule has 1 N–H and O–H groups in total. The monoisotopic (exact) mass is 327 g/mol. The van der Waals surface area contributed by atoms with Crippen LogP contribution in [0.15, 0.2) is 60.8 Å². The highest BCUT2D eigenvalue weighted by Gasteiger charge is 2.25. The van der Waals surface area contributed by atoms with Gasteiger partial charge in [-0.3, -0.25) is 4.79 Å². The maximum absolute atomic E-state index is 11.8. The molecule has 0 fully saturated rings. The van der Waals surface area contributed by atoms with E-state index in [-0.39, 0.29) is 17.4 Å². The molecule has 0 aliphatic carbocycles. The summed E-state index contributed by atoms with van der Waals surface area (Å²) in [6.45, 7) is 0. The average molecular weight is 328 g/mol. The van der Waals surface area contributed by atoms with E-state index in [0.29, 0.717) is 11.4 Å². The van der Waals surface area contributed by atoms with Gasteiger partial charge in [-0.05, 0) is 48.0 Å². The number of ketones is 1. The number of halogens is 1. The van der Waals surface area contributed by atoms with Crippen LogP contribution in [0.25, 0.3) is 0 Å². The molecule has 0 bridgehead atoms. The fourth-order valence-electron chi connectivity index (χ4n) is 2.63. The van der Waals surface area contributed by atoms with E-state index < -0.39 is 5.97 Å². The van der Waals surface area contributed by atoms with Crippen molar-refractivity contribution in [2.75, 3.05) is 4.90 Å². The number of carbonyl (C=O) groups excluding carboxylic acids is 1. The van der Waals surface area contributed by atoms with Gasteiger partial charge < -0.3 is 10.0 Å². The third-order valence-corrected chi connectivity index (χ3v) is 4.07. The van der Waals surface area contributed by atoms with Crippen LogP contribution in [0.1, 0.15) is 28.4 Å². The van der Waals surface area contributed by atoms with Crippen molar-refractivity contribution in [1.82, 2.24) is 0 Å². The molecule has 0 spiro atoms. The van der Waals surface area contributed by atoms with Gasteiger partial charge in [0.1, 0.15) is 0 Å². The molecule has 3 rings (SSSR count). The predicted molar refractivity (Wildman–Crippen MR) is 88.8 cm³/mol. The zero-order valence-corrected chi connectivity index (χ0v) is 12.9. The molecule has 1 atom stereocenters. The first-order valence-corrected chi connectivity index (χ1v) is 7.50. The fraction of sp³-hybridized carbons (Fsp3) is 0.111. The molecule has 4 nitrogen and oxygen atoms in total. The molecular weight excluding hydrogens is 314 g/mol. The largest absolute Gasteiger partial charge is 0.478 e. The minimum atomic E-state index is -0.963. The molecule has 1 aliphatic rings. The van der Waals surface area contributed by atoms with Gasteiger partial charge in [-0.1, -0.05) is 23.7 Å². The smallest absolute Gasteiger partial charge is 0.335 e. The van der Waals surface area contributed by atoms with E-state index in [4.69, 9.17) is 16.7 Å². The predicted octanol–water partition coefficient (Wildman–Crippen LogP) is 4.07. The molecule has 5 heteroatoms. The van der Waals surface area contributed by atoms with Crippen LogP contribution in [-0.2, 0) is 4.79 Å². The molecule has 1 unspecified atom stereocenters. The summed E-state index contributed by atoms with van der Waals surface area (Å²) in [5.74, 6) is -0.904. The molecule has 0 radical (unpaired) electrons. The maximum Gasteiger partial charge on any atom is 0.335 e. The van der Waals surface area contributed by atoms with Crippen molar-refractivity contribution < 1.29 is 14.7 Å². The number of carboxylic acids is 1. The zero-order chi connectivity index (χ0) is 16.4. The number of benzene rings is 2. The number of nitrogens with zero attached hydrogens (tertiary/aromatic N) is 1. The van der Waals surface area contributed by atoms with Gasteiger partial charge in [0.05, 0.1) is 11.6 Å². The number of carboxylic acid groups (broad SMARTS) is 1. The Morgan fingerprint density at radius 1 is 1.09 bits per heavy atom. The normalized spacial score (nSPS) is 17.3. The van der Waals surface area contributed by atoms with Gasteiger partial charge >= 0.3 is 5.97 Å². The maximum atomic E-state index is 11.8. The van der Waals surface area contributed by atoms with Crippen LogP contribution in [0.4, 0.5) is 5.69 Å². The summed E-state index contributed by atoms with van der Waals surface area (Å²) in [7, 11) is 0. The molecule has 2 aromatic carbocycles. The second-order valence-electron chi connectivity index (χ2n) is 5.31. The van der Waals surface area contributed by atoms with Crippen LogP contribution in [0.5, 0.6) is 0 Å². The van der Waals surface area contributed by atoms with Crippen molar-refractivity contribution in [1.29, 1.82) is 0 Å². The van der Waals surface area contributed by atoms with Crippen molar-refractivity contribution in [2.24, 2.45) is 0 Å². The number of aromatic carboxylic acids is 1. The van der Waals surface area contributed by atoms with Crippen molar-refractivity contribution in [3.63, 3.8) is 0 Å². The third-order valence-electron chi connectivity index (χ3n) is 3.82. The van der Waals surface area contributed by atoms with Gasteiger partial charge in [0, 0.05) is 23.3 Å². The highest BCUT2D eigenvalue weighted by molar-refractivity contribution is 6.30. The van der Waals surface area contributed by atoms with Gasteiger partial charge in [-0.15, -0.1) is 0 Å². The van der Waals surface area contributed by atoms with E-state index in [9.17, 15) is 9.59 Å². The summed E-state index contributed by atoms with van der Waals surface area (Å²) in [6, 6.07) is 13.9.